The van der Waals surface area contributed by atoms with Gasteiger partial charge in [0.25, 0.3) is 0 Å². The molecule has 0 unspecified atom stereocenters. The van der Waals surface area contributed by atoms with E-state index in [9.17, 15) is 9.59 Å². The highest BCUT2D eigenvalue weighted by Crippen LogP contribution is 2.19. The number of amides is 1. The maximum absolute atomic E-state index is 11.9. The van der Waals surface area contributed by atoms with Crippen LogP contribution in [0.3, 0.4) is 0 Å². The fourth-order valence-corrected chi connectivity index (χ4v) is 2.69. The lowest BCUT2D eigenvalue weighted by molar-refractivity contribution is -0.115. The number of carboxylic acid groups (broad SMARTS) is 1. The molecular formula is C14H14N2O3S. The fourth-order valence-electron chi connectivity index (χ4n) is 1.79. The quantitative estimate of drug-likeness (QED) is 0.907. The maximum Gasteiger partial charge on any atom is 0.347 e. The van der Waals surface area contributed by atoms with Crippen LogP contribution in [-0.2, 0) is 11.2 Å². The summed E-state index contributed by atoms with van der Waals surface area (Å²) in [7, 11) is 0. The van der Waals surface area contributed by atoms with Gasteiger partial charge in [0, 0.05) is 5.69 Å². The SMILES string of the molecule is Cc1cccc(NC(=O)Cc2nc(C)c(C(=O)O)s2)c1. The van der Waals surface area contributed by atoms with Crippen LogP contribution in [0.15, 0.2) is 24.3 Å². The van der Waals surface area contributed by atoms with Crippen molar-refractivity contribution < 1.29 is 14.7 Å². The Bertz CT molecular complexity index is 664. The molecule has 0 aliphatic carbocycles. The average molecular weight is 290 g/mol. The van der Waals surface area contributed by atoms with Crippen molar-refractivity contribution in [2.75, 3.05) is 5.32 Å². The van der Waals surface area contributed by atoms with Crippen molar-refractivity contribution in [2.45, 2.75) is 20.3 Å². The Morgan fingerprint density at radius 1 is 1.35 bits per heavy atom. The minimum absolute atomic E-state index is 0.0761. The second-order valence-corrected chi connectivity index (χ2v) is 5.51. The summed E-state index contributed by atoms with van der Waals surface area (Å²) in [5.41, 5.74) is 2.23. The number of nitrogens with one attached hydrogen (secondary N) is 1. The first-order valence-corrected chi connectivity index (χ1v) is 6.83. The molecule has 0 radical (unpaired) electrons. The van der Waals surface area contributed by atoms with Gasteiger partial charge in [0.15, 0.2) is 0 Å². The van der Waals surface area contributed by atoms with E-state index in [-0.39, 0.29) is 17.2 Å². The second-order valence-electron chi connectivity index (χ2n) is 4.42. The summed E-state index contributed by atoms with van der Waals surface area (Å²) in [5.74, 6) is -1.22. The Balaban J connectivity index is 2.05. The second kappa shape index (κ2) is 5.83. The molecule has 0 aliphatic rings. The van der Waals surface area contributed by atoms with Crippen molar-refractivity contribution >= 4 is 28.9 Å². The first-order valence-electron chi connectivity index (χ1n) is 6.02. The summed E-state index contributed by atoms with van der Waals surface area (Å²) in [6, 6.07) is 7.48. The predicted molar refractivity (Wildman–Crippen MR) is 77.3 cm³/mol. The Morgan fingerprint density at radius 3 is 2.70 bits per heavy atom. The zero-order valence-corrected chi connectivity index (χ0v) is 12.0. The number of aromatic carboxylic acids is 1. The highest BCUT2D eigenvalue weighted by molar-refractivity contribution is 7.13. The van der Waals surface area contributed by atoms with Gasteiger partial charge in [-0.05, 0) is 31.5 Å². The number of benzene rings is 1. The molecule has 2 rings (SSSR count). The summed E-state index contributed by atoms with van der Waals surface area (Å²) in [6.45, 7) is 3.57. The zero-order chi connectivity index (χ0) is 14.7. The van der Waals surface area contributed by atoms with E-state index in [2.05, 4.69) is 10.3 Å². The van der Waals surface area contributed by atoms with Gasteiger partial charge in [-0.25, -0.2) is 9.78 Å². The number of aromatic nitrogens is 1. The molecule has 0 bridgehead atoms. The number of thiazole rings is 1. The molecule has 0 spiro atoms. The minimum Gasteiger partial charge on any atom is -0.477 e. The van der Waals surface area contributed by atoms with Crippen molar-refractivity contribution in [3.05, 3.63) is 45.4 Å². The van der Waals surface area contributed by atoms with Crippen molar-refractivity contribution in [1.29, 1.82) is 0 Å². The monoisotopic (exact) mass is 290 g/mol. The molecule has 5 nitrogen and oxygen atoms in total. The van der Waals surface area contributed by atoms with E-state index < -0.39 is 5.97 Å². The molecule has 2 aromatic rings. The molecule has 20 heavy (non-hydrogen) atoms. The van der Waals surface area contributed by atoms with Gasteiger partial charge in [-0.3, -0.25) is 4.79 Å². The smallest absolute Gasteiger partial charge is 0.347 e. The van der Waals surface area contributed by atoms with Crippen LogP contribution in [0.25, 0.3) is 0 Å². The Kier molecular flexibility index (Phi) is 4.14. The largest absolute Gasteiger partial charge is 0.477 e. The van der Waals surface area contributed by atoms with Crippen LogP contribution in [0.5, 0.6) is 0 Å². The van der Waals surface area contributed by atoms with Crippen LogP contribution in [0, 0.1) is 13.8 Å². The lowest BCUT2D eigenvalue weighted by Crippen LogP contribution is -2.14. The van der Waals surface area contributed by atoms with Crippen molar-refractivity contribution in [3.63, 3.8) is 0 Å². The minimum atomic E-state index is -1.01. The molecule has 0 saturated carbocycles. The van der Waals surface area contributed by atoms with E-state index in [0.717, 1.165) is 22.6 Å². The lowest BCUT2D eigenvalue weighted by Gasteiger charge is -2.04. The zero-order valence-electron chi connectivity index (χ0n) is 11.1. The molecule has 1 amide bonds. The van der Waals surface area contributed by atoms with Crippen LogP contribution in [0.4, 0.5) is 5.69 Å². The summed E-state index contributed by atoms with van der Waals surface area (Å²) in [5, 5.41) is 12.2. The fraction of sp³-hybridized carbons (Fsp3) is 0.214. The molecule has 0 fully saturated rings. The molecule has 1 aromatic carbocycles. The molecule has 2 N–H and O–H groups in total. The topological polar surface area (TPSA) is 79.3 Å². The highest BCUT2D eigenvalue weighted by Gasteiger charge is 2.15. The van der Waals surface area contributed by atoms with E-state index in [1.807, 2.05) is 25.1 Å². The van der Waals surface area contributed by atoms with E-state index in [4.69, 9.17) is 5.11 Å². The highest BCUT2D eigenvalue weighted by atomic mass is 32.1. The number of rotatable bonds is 4. The van der Waals surface area contributed by atoms with E-state index in [1.54, 1.807) is 13.0 Å². The molecule has 0 atom stereocenters. The first-order chi connectivity index (χ1) is 9.45. The van der Waals surface area contributed by atoms with Crippen LogP contribution in [0.2, 0.25) is 0 Å². The molecule has 1 aromatic heterocycles. The third-order valence-corrected chi connectivity index (χ3v) is 3.79. The molecule has 6 heteroatoms. The number of carbonyl (C=O) groups is 2. The van der Waals surface area contributed by atoms with E-state index in [0.29, 0.717) is 10.7 Å². The normalized spacial score (nSPS) is 10.3. The standard InChI is InChI=1S/C14H14N2O3S/c1-8-4-3-5-10(6-8)16-11(17)7-12-15-9(2)13(20-12)14(18)19/h3-6H,7H2,1-2H3,(H,16,17)(H,18,19). The van der Waals surface area contributed by atoms with E-state index in [1.165, 1.54) is 0 Å². The number of carboxylic acids is 1. The van der Waals surface area contributed by atoms with Gasteiger partial charge in [-0.2, -0.15) is 0 Å². The maximum atomic E-state index is 11.9. The van der Waals surface area contributed by atoms with E-state index >= 15 is 0 Å². The average Bonchev–Trinajstić information content (AvgIpc) is 2.70. The Morgan fingerprint density at radius 2 is 2.10 bits per heavy atom. The van der Waals surface area contributed by atoms with Crippen LogP contribution in [0.1, 0.15) is 25.9 Å². The number of anilines is 1. The lowest BCUT2D eigenvalue weighted by atomic mass is 10.2. The van der Waals surface area contributed by atoms with Crippen LogP contribution >= 0.6 is 11.3 Å². The summed E-state index contributed by atoms with van der Waals surface area (Å²) in [4.78, 5) is 27.1. The first kappa shape index (κ1) is 14.2. The number of carbonyl (C=O) groups excluding carboxylic acids is 1. The number of hydrogen-bond donors (Lipinski definition) is 2. The molecule has 1 heterocycles. The number of hydrogen-bond acceptors (Lipinski definition) is 4. The van der Waals surface area contributed by atoms with Crippen LogP contribution in [-0.4, -0.2) is 22.0 Å². The Hall–Kier alpha value is -2.21. The summed E-state index contributed by atoms with van der Waals surface area (Å²) in [6.07, 6.45) is 0.0761. The molecule has 0 aliphatic heterocycles. The summed E-state index contributed by atoms with van der Waals surface area (Å²) < 4.78 is 0. The third-order valence-electron chi connectivity index (χ3n) is 2.65. The number of nitrogens with zero attached hydrogens (tertiary/aromatic N) is 1. The van der Waals surface area contributed by atoms with Gasteiger partial charge in [-0.15, -0.1) is 11.3 Å². The third kappa shape index (κ3) is 3.42. The molecular weight excluding hydrogens is 276 g/mol. The Labute approximate surface area is 120 Å². The summed E-state index contributed by atoms with van der Waals surface area (Å²) >= 11 is 1.04. The van der Waals surface area contributed by atoms with Gasteiger partial charge < -0.3 is 10.4 Å². The predicted octanol–water partition coefficient (Wildman–Crippen LogP) is 2.64. The molecule has 0 saturated heterocycles. The van der Waals surface area contributed by atoms with Gasteiger partial charge in [-0.1, -0.05) is 12.1 Å². The van der Waals surface area contributed by atoms with Crippen LogP contribution < -0.4 is 5.32 Å². The number of aryl methyl sites for hydroxylation is 2. The van der Waals surface area contributed by atoms with Crippen molar-refractivity contribution in [3.8, 4) is 0 Å². The van der Waals surface area contributed by atoms with Gasteiger partial charge >= 0.3 is 5.97 Å². The van der Waals surface area contributed by atoms with Gasteiger partial charge in [0.2, 0.25) is 5.91 Å². The molecule has 104 valence electrons. The van der Waals surface area contributed by atoms with Gasteiger partial charge in [0.05, 0.1) is 12.1 Å². The van der Waals surface area contributed by atoms with Crippen molar-refractivity contribution in [1.82, 2.24) is 4.98 Å². The van der Waals surface area contributed by atoms with Gasteiger partial charge in [0.1, 0.15) is 9.88 Å². The van der Waals surface area contributed by atoms with Crippen molar-refractivity contribution in [2.24, 2.45) is 0 Å².